The molecule has 0 radical (unpaired) electrons. The Balaban J connectivity index is 0.000000671. The SMILES string of the molecule is CCCCCCCC/C=C\CCCCCCC(C)C(=O)O[C@H]1[C@H](O)[C@@H](CO)O[C@@]1(CO)O[C@H]1O[C@H](CO)[C@@H](O)[C@H](O)[C@H]1O.CCNc1nc(Cl)nc(NC(C)C)n1. The van der Waals surface area contributed by atoms with Gasteiger partial charge in [-0.2, -0.15) is 15.0 Å². The summed E-state index contributed by atoms with van der Waals surface area (Å²) in [6, 6.07) is 0.267. The van der Waals surface area contributed by atoms with E-state index in [4.69, 9.17) is 30.5 Å². The van der Waals surface area contributed by atoms with Gasteiger partial charge in [0.25, 0.3) is 0 Å². The number of ether oxygens (including phenoxy) is 4. The molecule has 2 aliphatic rings. The van der Waals surface area contributed by atoms with Crippen LogP contribution in [0.3, 0.4) is 0 Å². The highest BCUT2D eigenvalue weighted by atomic mass is 35.5. The van der Waals surface area contributed by atoms with Gasteiger partial charge in [-0.15, -0.1) is 0 Å². The lowest BCUT2D eigenvalue weighted by molar-refractivity contribution is -0.384. The zero-order chi connectivity index (χ0) is 42.4. The number of esters is 1. The van der Waals surface area contributed by atoms with Crippen LogP contribution in [0.2, 0.25) is 5.28 Å². The van der Waals surface area contributed by atoms with Crippen molar-refractivity contribution in [2.75, 3.05) is 37.0 Å². The van der Waals surface area contributed by atoms with Crippen LogP contribution in [0.25, 0.3) is 0 Å². The lowest BCUT2D eigenvalue weighted by atomic mass is 9.98. The number of carbonyl (C=O) groups excluding carboxylic acids is 1. The molecule has 3 heterocycles. The molecule has 0 spiro atoms. The zero-order valence-corrected chi connectivity index (χ0v) is 35.1. The molecular weight excluding hydrogens is 766 g/mol. The highest BCUT2D eigenvalue weighted by Crippen LogP contribution is 2.38. The Morgan fingerprint density at radius 2 is 1.40 bits per heavy atom. The van der Waals surface area contributed by atoms with Gasteiger partial charge in [-0.1, -0.05) is 77.4 Å². The molecule has 1 aromatic heterocycles. The van der Waals surface area contributed by atoms with Crippen molar-refractivity contribution >= 4 is 29.5 Å². The molecule has 1 aromatic rings. The number of allylic oxidation sites excluding steroid dienone is 2. The molecule has 0 aliphatic carbocycles. The van der Waals surface area contributed by atoms with Crippen molar-refractivity contribution in [2.45, 2.75) is 179 Å². The van der Waals surface area contributed by atoms with Crippen LogP contribution in [0.5, 0.6) is 0 Å². The van der Waals surface area contributed by atoms with Gasteiger partial charge >= 0.3 is 5.97 Å². The van der Waals surface area contributed by atoms with Crippen LogP contribution in [0.1, 0.15) is 118 Å². The maximum Gasteiger partial charge on any atom is 0.309 e. The normalized spacial score (nSPS) is 28.0. The molecule has 0 bridgehead atoms. The minimum atomic E-state index is -2.27. The van der Waals surface area contributed by atoms with Crippen LogP contribution in [0.15, 0.2) is 12.2 Å². The van der Waals surface area contributed by atoms with E-state index < -0.39 is 86.5 Å². The predicted molar refractivity (Wildman–Crippen MR) is 214 cm³/mol. The summed E-state index contributed by atoms with van der Waals surface area (Å²) < 4.78 is 22.1. The number of nitrogens with one attached hydrogen (secondary N) is 2. The van der Waals surface area contributed by atoms with Crippen molar-refractivity contribution in [1.82, 2.24) is 15.0 Å². The molecule has 2 saturated heterocycles. The maximum absolute atomic E-state index is 13.0. The Labute approximate surface area is 342 Å². The first-order valence-electron chi connectivity index (χ1n) is 20.6. The number of unbranched alkanes of at least 4 members (excludes halogenated alkanes) is 10. The van der Waals surface area contributed by atoms with Gasteiger partial charge in [0.05, 0.1) is 19.1 Å². The number of hydrogen-bond donors (Lipinski definition) is 9. The van der Waals surface area contributed by atoms with Gasteiger partial charge in [0.15, 0.2) is 12.4 Å². The number of halogens is 1. The molecule has 0 amide bonds. The monoisotopic (exact) mass is 835 g/mol. The van der Waals surface area contributed by atoms with Crippen molar-refractivity contribution in [1.29, 1.82) is 0 Å². The molecule has 2 aliphatic heterocycles. The number of aromatic nitrogens is 3. The molecule has 10 atom stereocenters. The molecule has 18 heteroatoms. The number of aliphatic hydroxyl groups excluding tert-OH is 7. The summed E-state index contributed by atoms with van der Waals surface area (Å²) in [5.41, 5.74) is 0. The Kier molecular flexibility index (Phi) is 24.5. The second kappa shape index (κ2) is 27.5. The van der Waals surface area contributed by atoms with Gasteiger partial charge in [0.1, 0.15) is 43.2 Å². The summed E-state index contributed by atoms with van der Waals surface area (Å²) in [6.07, 6.45) is 6.11. The topological polar surface area (TPSA) is 258 Å². The average molecular weight is 836 g/mol. The fourth-order valence-electron chi connectivity index (χ4n) is 6.39. The molecule has 330 valence electrons. The van der Waals surface area contributed by atoms with Gasteiger partial charge in [0.2, 0.25) is 23.0 Å². The Morgan fingerprint density at radius 3 is 1.98 bits per heavy atom. The summed E-state index contributed by atoms with van der Waals surface area (Å²) in [6.45, 7) is 8.26. The van der Waals surface area contributed by atoms with E-state index in [2.05, 4.69) is 44.7 Å². The Bertz CT molecular complexity index is 1290. The van der Waals surface area contributed by atoms with E-state index in [0.717, 1.165) is 45.1 Å². The first-order chi connectivity index (χ1) is 27.3. The van der Waals surface area contributed by atoms with Crippen LogP contribution < -0.4 is 10.6 Å². The fourth-order valence-corrected chi connectivity index (χ4v) is 6.55. The number of anilines is 2. The van der Waals surface area contributed by atoms with Gasteiger partial charge in [-0.3, -0.25) is 4.79 Å². The lowest BCUT2D eigenvalue weighted by Crippen LogP contribution is -2.63. The van der Waals surface area contributed by atoms with Crippen LogP contribution >= 0.6 is 11.6 Å². The molecule has 9 N–H and O–H groups in total. The van der Waals surface area contributed by atoms with E-state index in [-0.39, 0.29) is 11.3 Å². The van der Waals surface area contributed by atoms with Gasteiger partial charge in [-0.25, -0.2) is 0 Å². The predicted octanol–water partition coefficient (Wildman–Crippen LogP) is 3.22. The third-order valence-corrected chi connectivity index (χ3v) is 9.86. The van der Waals surface area contributed by atoms with Crippen molar-refractivity contribution in [3.8, 4) is 0 Å². The summed E-state index contributed by atoms with van der Waals surface area (Å²) in [4.78, 5) is 25.0. The molecule has 0 aromatic carbocycles. The highest BCUT2D eigenvalue weighted by molar-refractivity contribution is 6.28. The summed E-state index contributed by atoms with van der Waals surface area (Å²) in [7, 11) is 0. The maximum atomic E-state index is 13.0. The molecule has 0 saturated carbocycles. The summed E-state index contributed by atoms with van der Waals surface area (Å²) in [5, 5.41) is 76.9. The van der Waals surface area contributed by atoms with Gasteiger partial charge < -0.3 is 65.3 Å². The van der Waals surface area contributed by atoms with Gasteiger partial charge in [-0.05, 0) is 64.5 Å². The number of hydrogen-bond acceptors (Lipinski definition) is 17. The molecule has 2 fully saturated rings. The summed E-state index contributed by atoms with van der Waals surface area (Å²) in [5.74, 6) is -2.48. The van der Waals surface area contributed by atoms with Crippen molar-refractivity contribution < 1.29 is 59.5 Å². The van der Waals surface area contributed by atoms with Crippen LogP contribution in [-0.2, 0) is 23.7 Å². The minimum absolute atomic E-state index is 0.194. The third kappa shape index (κ3) is 17.1. The number of nitrogens with zero attached hydrogens (tertiary/aromatic N) is 3. The molecular formula is C39H70ClN5O12. The molecule has 57 heavy (non-hydrogen) atoms. The average Bonchev–Trinajstić information content (AvgIpc) is 3.44. The van der Waals surface area contributed by atoms with E-state index >= 15 is 0 Å². The highest BCUT2D eigenvalue weighted by Gasteiger charge is 2.61. The second-order valence-corrected chi connectivity index (χ2v) is 15.3. The fraction of sp³-hybridized carbons (Fsp3) is 0.846. The van der Waals surface area contributed by atoms with E-state index in [1.807, 2.05) is 20.8 Å². The molecule has 1 unspecified atom stereocenters. The largest absolute Gasteiger partial charge is 0.453 e. The van der Waals surface area contributed by atoms with E-state index in [9.17, 15) is 40.5 Å². The minimum Gasteiger partial charge on any atom is -0.453 e. The van der Waals surface area contributed by atoms with Crippen LogP contribution in [0.4, 0.5) is 11.9 Å². The molecule has 17 nitrogen and oxygen atoms in total. The second-order valence-electron chi connectivity index (χ2n) is 15.0. The van der Waals surface area contributed by atoms with Crippen molar-refractivity contribution in [3.05, 3.63) is 17.4 Å². The van der Waals surface area contributed by atoms with Crippen molar-refractivity contribution in [3.63, 3.8) is 0 Å². The van der Waals surface area contributed by atoms with Crippen LogP contribution in [0, 0.1) is 5.92 Å². The third-order valence-electron chi connectivity index (χ3n) is 9.70. The van der Waals surface area contributed by atoms with Gasteiger partial charge in [0, 0.05) is 12.6 Å². The number of carbonyl (C=O) groups is 1. The van der Waals surface area contributed by atoms with E-state index in [0.29, 0.717) is 18.3 Å². The lowest BCUT2D eigenvalue weighted by Gasteiger charge is -2.43. The Morgan fingerprint density at radius 1 is 0.807 bits per heavy atom. The molecule has 3 rings (SSSR count). The first kappa shape index (κ1) is 50.9. The van der Waals surface area contributed by atoms with Crippen LogP contribution in [-0.4, -0.2) is 144 Å². The standard InChI is InChI=1S/C31H56O12.C8H14ClN5/c1-3-4-5-6-7-8-9-10-11-12-13-14-15-16-17-21(2)29(39)41-28-25(36)23(19-33)42-31(28,20-34)43-30-27(38)26(37)24(35)22(18-32)40-30;1-4-10-7-12-6(9)13-8(14-7)11-5(2)3/h10-11,21-28,30,32-38H,3-9,12-20H2,1-2H3;5H,4H2,1-3H3,(H2,10,11,12,13,14)/b11-10-;/t21?,22-,23-,24-,25-,26+,27-,28+,30-,31+;/m1./s1. The zero-order valence-electron chi connectivity index (χ0n) is 34.3. The number of rotatable bonds is 25. The van der Waals surface area contributed by atoms with E-state index in [1.165, 1.54) is 38.5 Å². The number of aliphatic hydroxyl groups is 7. The van der Waals surface area contributed by atoms with E-state index in [1.54, 1.807) is 6.92 Å². The summed E-state index contributed by atoms with van der Waals surface area (Å²) >= 11 is 5.73. The quantitative estimate of drug-likeness (QED) is 0.0389. The Hall–Kier alpha value is -2.29. The smallest absolute Gasteiger partial charge is 0.309 e. The first-order valence-corrected chi connectivity index (χ1v) is 21.0. The van der Waals surface area contributed by atoms with Crippen molar-refractivity contribution in [2.24, 2.45) is 5.92 Å².